The van der Waals surface area contributed by atoms with Crippen molar-refractivity contribution in [3.63, 3.8) is 0 Å². The van der Waals surface area contributed by atoms with E-state index in [1.54, 1.807) is 0 Å². The minimum Gasteiger partial charge on any atom is -0.493 e. The van der Waals surface area contributed by atoms with Crippen molar-refractivity contribution >= 4 is 11.7 Å². The van der Waals surface area contributed by atoms with Crippen LogP contribution in [-0.4, -0.2) is 32.3 Å². The fraction of sp³-hybridized carbons (Fsp3) is 0.562. The predicted molar refractivity (Wildman–Crippen MR) is 79.6 cm³/mol. The molecule has 0 unspecified atom stereocenters. The summed E-state index contributed by atoms with van der Waals surface area (Å²) in [7, 11) is 0. The van der Waals surface area contributed by atoms with Crippen molar-refractivity contribution in [2.24, 2.45) is 0 Å². The number of rotatable bonds is 7. The van der Waals surface area contributed by atoms with Crippen LogP contribution in [0.3, 0.4) is 0 Å². The van der Waals surface area contributed by atoms with Crippen LogP contribution in [0.15, 0.2) is 18.2 Å². The number of hydrogen-bond donors (Lipinski definition) is 0. The van der Waals surface area contributed by atoms with E-state index in [4.69, 9.17) is 9.47 Å². The molecule has 0 atom stereocenters. The second kappa shape index (κ2) is 7.17. The molecule has 1 aliphatic rings. The van der Waals surface area contributed by atoms with Gasteiger partial charge in [-0.05, 0) is 31.9 Å². The lowest BCUT2D eigenvalue weighted by molar-refractivity contribution is 0.0521. The average Bonchev–Trinajstić information content (AvgIpc) is 2.37. The summed E-state index contributed by atoms with van der Waals surface area (Å²) in [6.07, 6.45) is 3.28. The van der Waals surface area contributed by atoms with Gasteiger partial charge in [-0.3, -0.25) is 0 Å². The van der Waals surface area contributed by atoms with E-state index in [0.29, 0.717) is 24.5 Å². The number of unbranched alkanes of at least 4 members (excludes halogenated alkanes) is 1. The van der Waals surface area contributed by atoms with Crippen molar-refractivity contribution in [1.82, 2.24) is 0 Å². The molecule has 20 heavy (non-hydrogen) atoms. The molecule has 1 heterocycles. The van der Waals surface area contributed by atoms with Gasteiger partial charge in [0.25, 0.3) is 0 Å². The summed E-state index contributed by atoms with van der Waals surface area (Å²) in [5.41, 5.74) is 1.64. The first-order valence-electron chi connectivity index (χ1n) is 7.45. The Labute approximate surface area is 120 Å². The summed E-state index contributed by atoms with van der Waals surface area (Å²) >= 11 is 0. The van der Waals surface area contributed by atoms with Crippen LogP contribution in [0.4, 0.5) is 5.69 Å². The highest BCUT2D eigenvalue weighted by Gasteiger charge is 2.19. The summed E-state index contributed by atoms with van der Waals surface area (Å²) in [5.74, 6) is 0.329. The Balaban J connectivity index is 2.17. The Morgan fingerprint density at radius 2 is 2.10 bits per heavy atom. The van der Waals surface area contributed by atoms with Crippen molar-refractivity contribution in [3.05, 3.63) is 23.8 Å². The van der Waals surface area contributed by atoms with Gasteiger partial charge in [0.2, 0.25) is 0 Å². The average molecular weight is 277 g/mol. The van der Waals surface area contributed by atoms with Crippen LogP contribution in [0.1, 0.15) is 43.5 Å². The molecule has 1 aromatic carbocycles. The first-order chi connectivity index (χ1) is 9.76. The van der Waals surface area contributed by atoms with E-state index in [9.17, 15) is 4.79 Å². The van der Waals surface area contributed by atoms with Gasteiger partial charge in [0.05, 0.1) is 13.2 Å². The normalized spacial score (nSPS) is 13.8. The number of carbonyl (C=O) groups is 1. The Bertz CT molecular complexity index is 455. The Morgan fingerprint density at radius 1 is 1.30 bits per heavy atom. The summed E-state index contributed by atoms with van der Waals surface area (Å²) in [6, 6.07) is 5.74. The zero-order chi connectivity index (χ0) is 14.4. The van der Waals surface area contributed by atoms with Crippen LogP contribution >= 0.6 is 0 Å². The third kappa shape index (κ3) is 3.44. The van der Waals surface area contributed by atoms with E-state index < -0.39 is 0 Å². The van der Waals surface area contributed by atoms with Crippen LogP contribution in [-0.2, 0) is 4.74 Å². The molecule has 0 radical (unpaired) electrons. The highest BCUT2D eigenvalue weighted by Crippen LogP contribution is 2.29. The third-order valence-electron chi connectivity index (χ3n) is 3.44. The number of anilines is 1. The molecular weight excluding hydrogens is 254 g/mol. The minimum atomic E-state index is -0.311. The van der Waals surface area contributed by atoms with Gasteiger partial charge in [0.1, 0.15) is 11.3 Å². The van der Waals surface area contributed by atoms with Crippen molar-refractivity contribution in [1.29, 1.82) is 0 Å². The standard InChI is InChI=1S/C16H23NO3/c1-3-5-11-20-15-12-13(17-9-6-10-17)7-8-14(15)16(18)19-4-2/h7-8,12H,3-6,9-11H2,1-2H3. The van der Waals surface area contributed by atoms with Gasteiger partial charge < -0.3 is 14.4 Å². The maximum absolute atomic E-state index is 11.9. The summed E-state index contributed by atoms with van der Waals surface area (Å²) in [6.45, 7) is 7.09. The fourth-order valence-electron chi connectivity index (χ4n) is 2.11. The quantitative estimate of drug-likeness (QED) is 0.566. The maximum Gasteiger partial charge on any atom is 0.341 e. The molecule has 2 rings (SSSR count). The Kier molecular flexibility index (Phi) is 5.27. The maximum atomic E-state index is 11.9. The first-order valence-corrected chi connectivity index (χ1v) is 7.45. The number of carbonyl (C=O) groups excluding carboxylic acids is 1. The van der Waals surface area contributed by atoms with Crippen LogP contribution in [0.25, 0.3) is 0 Å². The summed E-state index contributed by atoms with van der Waals surface area (Å²) < 4.78 is 10.9. The second-order valence-corrected chi connectivity index (χ2v) is 4.94. The smallest absolute Gasteiger partial charge is 0.341 e. The van der Waals surface area contributed by atoms with E-state index in [1.165, 1.54) is 6.42 Å². The largest absolute Gasteiger partial charge is 0.493 e. The van der Waals surface area contributed by atoms with Gasteiger partial charge in [0.15, 0.2) is 0 Å². The van der Waals surface area contributed by atoms with E-state index in [1.807, 2.05) is 25.1 Å². The van der Waals surface area contributed by atoms with Crippen LogP contribution in [0, 0.1) is 0 Å². The second-order valence-electron chi connectivity index (χ2n) is 4.94. The monoisotopic (exact) mass is 277 g/mol. The molecule has 4 heteroatoms. The van der Waals surface area contributed by atoms with Crippen molar-refractivity contribution in [3.8, 4) is 5.75 Å². The van der Waals surface area contributed by atoms with Gasteiger partial charge in [-0.2, -0.15) is 0 Å². The van der Waals surface area contributed by atoms with E-state index in [0.717, 1.165) is 31.6 Å². The molecule has 1 saturated heterocycles. The van der Waals surface area contributed by atoms with Gasteiger partial charge in [0, 0.05) is 24.8 Å². The molecule has 0 spiro atoms. The number of hydrogen-bond acceptors (Lipinski definition) is 4. The molecule has 0 aromatic heterocycles. The SMILES string of the molecule is CCCCOc1cc(N2CCC2)ccc1C(=O)OCC. The molecule has 0 bridgehead atoms. The minimum absolute atomic E-state index is 0.311. The third-order valence-corrected chi connectivity index (χ3v) is 3.44. The Morgan fingerprint density at radius 3 is 2.70 bits per heavy atom. The highest BCUT2D eigenvalue weighted by molar-refractivity contribution is 5.93. The van der Waals surface area contributed by atoms with Crippen LogP contribution < -0.4 is 9.64 Å². The van der Waals surface area contributed by atoms with E-state index in [2.05, 4.69) is 11.8 Å². The fourth-order valence-corrected chi connectivity index (χ4v) is 2.11. The zero-order valence-electron chi connectivity index (χ0n) is 12.4. The van der Waals surface area contributed by atoms with Gasteiger partial charge >= 0.3 is 5.97 Å². The highest BCUT2D eigenvalue weighted by atomic mass is 16.5. The zero-order valence-corrected chi connectivity index (χ0v) is 12.4. The van der Waals surface area contributed by atoms with Gasteiger partial charge in [-0.15, -0.1) is 0 Å². The number of esters is 1. The molecule has 1 aliphatic heterocycles. The van der Waals surface area contributed by atoms with Crippen molar-refractivity contribution < 1.29 is 14.3 Å². The lowest BCUT2D eigenvalue weighted by Crippen LogP contribution is -2.36. The number of benzene rings is 1. The van der Waals surface area contributed by atoms with E-state index >= 15 is 0 Å². The van der Waals surface area contributed by atoms with Gasteiger partial charge in [-0.1, -0.05) is 13.3 Å². The molecule has 0 amide bonds. The molecule has 0 N–H and O–H groups in total. The molecular formula is C16H23NO3. The predicted octanol–water partition coefficient (Wildman–Crippen LogP) is 3.25. The lowest BCUT2D eigenvalue weighted by Gasteiger charge is -2.33. The molecule has 0 aliphatic carbocycles. The topological polar surface area (TPSA) is 38.8 Å². The van der Waals surface area contributed by atoms with E-state index in [-0.39, 0.29) is 5.97 Å². The first kappa shape index (κ1) is 14.7. The molecule has 0 saturated carbocycles. The molecule has 110 valence electrons. The summed E-state index contributed by atoms with van der Waals surface area (Å²) in [5, 5.41) is 0. The summed E-state index contributed by atoms with van der Waals surface area (Å²) in [4.78, 5) is 14.2. The molecule has 4 nitrogen and oxygen atoms in total. The van der Waals surface area contributed by atoms with Crippen LogP contribution in [0.5, 0.6) is 5.75 Å². The van der Waals surface area contributed by atoms with Gasteiger partial charge in [-0.25, -0.2) is 4.79 Å². The lowest BCUT2D eigenvalue weighted by atomic mass is 10.1. The number of nitrogens with zero attached hydrogens (tertiary/aromatic N) is 1. The Hall–Kier alpha value is -1.71. The van der Waals surface area contributed by atoms with Crippen molar-refractivity contribution in [2.75, 3.05) is 31.2 Å². The van der Waals surface area contributed by atoms with Crippen molar-refractivity contribution in [2.45, 2.75) is 33.1 Å². The molecule has 1 aromatic rings. The van der Waals surface area contributed by atoms with Crippen LogP contribution in [0.2, 0.25) is 0 Å². The molecule has 1 fully saturated rings. The number of ether oxygens (including phenoxy) is 2.